The third-order valence-corrected chi connectivity index (χ3v) is 2.56. The van der Waals surface area contributed by atoms with Crippen molar-refractivity contribution in [3.05, 3.63) is 71.0 Å². The molecule has 1 unspecified atom stereocenters. The van der Waals surface area contributed by atoms with Gasteiger partial charge < -0.3 is 5.11 Å². The molecule has 0 saturated carbocycles. The highest BCUT2D eigenvalue weighted by atomic mass is 19.1. The van der Waals surface area contributed by atoms with Crippen LogP contribution in [0.2, 0.25) is 0 Å². The molecule has 0 fully saturated rings. The van der Waals surface area contributed by atoms with Crippen LogP contribution in [0.3, 0.4) is 0 Å². The molecule has 16 heavy (non-hydrogen) atoms. The van der Waals surface area contributed by atoms with Gasteiger partial charge in [0.1, 0.15) is 11.9 Å². The number of benzene rings is 2. The monoisotopic (exact) mass is 216 g/mol. The quantitative estimate of drug-likeness (QED) is 0.817. The average Bonchev–Trinajstić information content (AvgIpc) is 2.32. The van der Waals surface area contributed by atoms with Crippen LogP contribution < -0.4 is 0 Å². The van der Waals surface area contributed by atoms with E-state index in [0.29, 0.717) is 11.1 Å². The number of aliphatic hydroxyl groups is 1. The van der Waals surface area contributed by atoms with Crippen LogP contribution in [0.25, 0.3) is 0 Å². The first-order valence-electron chi connectivity index (χ1n) is 5.17. The summed E-state index contributed by atoms with van der Waals surface area (Å²) in [6, 6.07) is 13.8. The molecule has 0 spiro atoms. The predicted molar refractivity (Wildman–Crippen MR) is 61.6 cm³/mol. The van der Waals surface area contributed by atoms with Crippen molar-refractivity contribution in [2.45, 2.75) is 13.0 Å². The van der Waals surface area contributed by atoms with E-state index in [-0.39, 0.29) is 5.82 Å². The summed E-state index contributed by atoms with van der Waals surface area (Å²) in [5.74, 6) is -0.373. The molecular weight excluding hydrogens is 203 g/mol. The van der Waals surface area contributed by atoms with Crippen LogP contribution >= 0.6 is 0 Å². The molecule has 0 aliphatic rings. The molecule has 0 heterocycles. The Morgan fingerprint density at radius 3 is 2.44 bits per heavy atom. The minimum absolute atomic E-state index is 0.325. The molecule has 1 nitrogen and oxygen atoms in total. The zero-order valence-corrected chi connectivity index (χ0v) is 9.02. The van der Waals surface area contributed by atoms with Gasteiger partial charge in [-0.3, -0.25) is 0 Å². The van der Waals surface area contributed by atoms with Crippen LogP contribution in [-0.4, -0.2) is 5.11 Å². The highest BCUT2D eigenvalue weighted by Crippen LogP contribution is 2.24. The van der Waals surface area contributed by atoms with Gasteiger partial charge in [-0.15, -0.1) is 0 Å². The van der Waals surface area contributed by atoms with Crippen LogP contribution in [0.15, 0.2) is 48.5 Å². The van der Waals surface area contributed by atoms with E-state index in [4.69, 9.17) is 0 Å². The summed E-state index contributed by atoms with van der Waals surface area (Å²) in [5.41, 5.74) is 1.96. The number of aliphatic hydroxyl groups excluding tert-OH is 1. The Labute approximate surface area is 94.2 Å². The molecule has 2 aromatic rings. The van der Waals surface area contributed by atoms with Crippen molar-refractivity contribution in [2.24, 2.45) is 0 Å². The van der Waals surface area contributed by atoms with Gasteiger partial charge in [-0.2, -0.15) is 0 Å². The molecule has 1 atom stereocenters. The molecule has 0 saturated heterocycles. The maximum atomic E-state index is 13.5. The van der Waals surface area contributed by atoms with Crippen LogP contribution in [0.5, 0.6) is 0 Å². The topological polar surface area (TPSA) is 20.2 Å². The maximum Gasteiger partial charge on any atom is 0.129 e. The largest absolute Gasteiger partial charge is 0.384 e. The lowest BCUT2D eigenvalue weighted by Gasteiger charge is -2.12. The summed E-state index contributed by atoms with van der Waals surface area (Å²) < 4.78 is 13.5. The Morgan fingerprint density at radius 1 is 1.06 bits per heavy atom. The van der Waals surface area contributed by atoms with Crippen LogP contribution in [0.1, 0.15) is 22.8 Å². The van der Waals surface area contributed by atoms with E-state index < -0.39 is 6.10 Å². The standard InChI is InChI=1S/C14H13FO/c1-10-7-8-13(15)12(9-10)14(16)11-5-3-2-4-6-11/h2-9,14,16H,1H3. The molecule has 0 aliphatic carbocycles. The smallest absolute Gasteiger partial charge is 0.129 e. The summed E-state index contributed by atoms with van der Waals surface area (Å²) >= 11 is 0. The molecule has 0 radical (unpaired) electrons. The van der Waals surface area contributed by atoms with E-state index in [2.05, 4.69) is 0 Å². The lowest BCUT2D eigenvalue weighted by Crippen LogP contribution is -2.02. The van der Waals surface area contributed by atoms with E-state index in [1.165, 1.54) is 6.07 Å². The van der Waals surface area contributed by atoms with Crippen molar-refractivity contribution in [3.8, 4) is 0 Å². The van der Waals surface area contributed by atoms with E-state index in [0.717, 1.165) is 5.56 Å². The van der Waals surface area contributed by atoms with E-state index in [9.17, 15) is 9.50 Å². The van der Waals surface area contributed by atoms with Crippen LogP contribution in [0, 0.1) is 12.7 Å². The zero-order valence-electron chi connectivity index (χ0n) is 9.02. The Hall–Kier alpha value is -1.67. The van der Waals surface area contributed by atoms with Crippen molar-refractivity contribution in [1.82, 2.24) is 0 Å². The van der Waals surface area contributed by atoms with E-state index in [1.807, 2.05) is 25.1 Å². The molecule has 2 rings (SSSR count). The first-order valence-corrected chi connectivity index (χ1v) is 5.17. The van der Waals surface area contributed by atoms with Crippen LogP contribution in [-0.2, 0) is 0 Å². The highest BCUT2D eigenvalue weighted by molar-refractivity contribution is 5.33. The summed E-state index contributed by atoms with van der Waals surface area (Å²) in [7, 11) is 0. The van der Waals surface area contributed by atoms with Crippen molar-refractivity contribution >= 4 is 0 Å². The maximum absolute atomic E-state index is 13.5. The molecule has 0 aliphatic heterocycles. The molecule has 0 aromatic heterocycles. The second-order valence-electron chi connectivity index (χ2n) is 3.84. The van der Waals surface area contributed by atoms with Crippen molar-refractivity contribution in [2.75, 3.05) is 0 Å². The van der Waals surface area contributed by atoms with Gasteiger partial charge in [0, 0.05) is 5.56 Å². The molecule has 0 bridgehead atoms. The summed E-state index contributed by atoms with van der Waals surface area (Å²) in [4.78, 5) is 0. The third kappa shape index (κ3) is 2.12. The van der Waals surface area contributed by atoms with Gasteiger partial charge in [0.15, 0.2) is 0 Å². The molecule has 2 aromatic carbocycles. The Bertz CT molecular complexity index is 479. The summed E-state index contributed by atoms with van der Waals surface area (Å²) in [6.07, 6.45) is -0.902. The number of aryl methyl sites for hydroxylation is 1. The SMILES string of the molecule is Cc1ccc(F)c(C(O)c2ccccc2)c1. The third-order valence-electron chi connectivity index (χ3n) is 2.56. The van der Waals surface area contributed by atoms with Gasteiger partial charge in [-0.25, -0.2) is 4.39 Å². The summed E-state index contributed by atoms with van der Waals surface area (Å²) in [5, 5.41) is 10.1. The molecule has 0 amide bonds. The van der Waals surface area contributed by atoms with Crippen molar-refractivity contribution < 1.29 is 9.50 Å². The van der Waals surface area contributed by atoms with Crippen LogP contribution in [0.4, 0.5) is 4.39 Å². The fourth-order valence-corrected chi connectivity index (χ4v) is 1.69. The fourth-order valence-electron chi connectivity index (χ4n) is 1.69. The molecular formula is C14H13FO. The van der Waals surface area contributed by atoms with Gasteiger partial charge in [0.05, 0.1) is 0 Å². The number of rotatable bonds is 2. The van der Waals surface area contributed by atoms with E-state index in [1.54, 1.807) is 24.3 Å². The average molecular weight is 216 g/mol. The minimum Gasteiger partial charge on any atom is -0.384 e. The summed E-state index contributed by atoms with van der Waals surface area (Å²) in [6.45, 7) is 1.88. The number of halogens is 1. The number of hydrogen-bond acceptors (Lipinski definition) is 1. The van der Waals surface area contributed by atoms with E-state index >= 15 is 0 Å². The van der Waals surface area contributed by atoms with Crippen molar-refractivity contribution in [1.29, 1.82) is 0 Å². The predicted octanol–water partition coefficient (Wildman–Crippen LogP) is 3.22. The molecule has 1 N–H and O–H groups in total. The highest BCUT2D eigenvalue weighted by Gasteiger charge is 2.14. The van der Waals surface area contributed by atoms with Gasteiger partial charge in [-0.05, 0) is 18.6 Å². The second-order valence-corrected chi connectivity index (χ2v) is 3.84. The Kier molecular flexibility index (Phi) is 3.02. The lowest BCUT2D eigenvalue weighted by atomic mass is 9.99. The first-order chi connectivity index (χ1) is 7.68. The fraction of sp³-hybridized carbons (Fsp3) is 0.143. The normalized spacial score (nSPS) is 12.4. The lowest BCUT2D eigenvalue weighted by molar-refractivity contribution is 0.215. The zero-order chi connectivity index (χ0) is 11.5. The van der Waals surface area contributed by atoms with Gasteiger partial charge >= 0.3 is 0 Å². The van der Waals surface area contributed by atoms with Gasteiger partial charge in [0.2, 0.25) is 0 Å². The Morgan fingerprint density at radius 2 is 1.75 bits per heavy atom. The van der Waals surface area contributed by atoms with Crippen molar-refractivity contribution in [3.63, 3.8) is 0 Å². The van der Waals surface area contributed by atoms with Gasteiger partial charge in [0.25, 0.3) is 0 Å². The van der Waals surface area contributed by atoms with Gasteiger partial charge in [-0.1, -0.05) is 48.0 Å². The second kappa shape index (κ2) is 4.45. The first kappa shape index (κ1) is 10.8. The number of hydrogen-bond donors (Lipinski definition) is 1. The minimum atomic E-state index is -0.902. The molecule has 82 valence electrons. The molecule has 2 heteroatoms. The Balaban J connectivity index is 2.41.